The summed E-state index contributed by atoms with van der Waals surface area (Å²) in [6.45, 7) is 9.90. The molecular formula is C32H47N3O9. The summed E-state index contributed by atoms with van der Waals surface area (Å²) in [5.41, 5.74) is 2.76. The van der Waals surface area contributed by atoms with Gasteiger partial charge in [0.1, 0.15) is 6.61 Å². The van der Waals surface area contributed by atoms with Gasteiger partial charge in [-0.15, -0.1) is 0 Å². The minimum absolute atomic E-state index is 0.558. The molecule has 1 atom stereocenters. The van der Waals surface area contributed by atoms with Crippen LogP contribution in [0.2, 0.25) is 0 Å². The quantitative estimate of drug-likeness (QED) is 0.132. The molecule has 12 heteroatoms. The Morgan fingerprint density at radius 3 is 1.89 bits per heavy atom. The van der Waals surface area contributed by atoms with Crippen molar-refractivity contribution in [1.82, 2.24) is 9.80 Å². The van der Waals surface area contributed by atoms with Crippen molar-refractivity contribution in [2.75, 3.05) is 39.3 Å². The molecule has 3 rings (SSSR count). The molecule has 1 aliphatic heterocycles. The highest BCUT2D eigenvalue weighted by molar-refractivity contribution is 5.90. The summed E-state index contributed by atoms with van der Waals surface area (Å²) in [6, 6.07) is 10.8. The Morgan fingerprint density at radius 1 is 0.818 bits per heavy atom. The van der Waals surface area contributed by atoms with Gasteiger partial charge in [0.25, 0.3) is 0 Å². The third kappa shape index (κ3) is 20.0. The Bertz CT molecular complexity index is 1020. The Hall–Kier alpha value is -4.03. The van der Waals surface area contributed by atoms with Gasteiger partial charge in [0.15, 0.2) is 0 Å². The number of aliphatic carboxylic acids is 4. The Morgan fingerprint density at radius 2 is 1.36 bits per heavy atom. The second-order valence-corrected chi connectivity index (χ2v) is 10.5. The topological polar surface area (TPSA) is 177 Å². The molecular weight excluding hydrogens is 570 g/mol. The maximum absolute atomic E-state index is 9.55. The maximum Gasteiger partial charge on any atom is 0.328 e. The van der Waals surface area contributed by atoms with Gasteiger partial charge in [0.2, 0.25) is 0 Å². The number of carboxylic acid groups (broad SMARTS) is 4. The number of hydrogen-bond donors (Lipinski definition) is 4. The van der Waals surface area contributed by atoms with E-state index in [2.05, 4.69) is 52.2 Å². The van der Waals surface area contributed by atoms with E-state index in [1.807, 2.05) is 0 Å². The van der Waals surface area contributed by atoms with E-state index in [1.54, 1.807) is 0 Å². The average Bonchev–Trinajstić information content (AvgIpc) is 3.00. The number of nitrogens with zero attached hydrogens (tertiary/aromatic N) is 3. The van der Waals surface area contributed by atoms with Crippen LogP contribution in [0.3, 0.4) is 0 Å². The first-order chi connectivity index (χ1) is 21.1. The summed E-state index contributed by atoms with van der Waals surface area (Å²) < 4.78 is 0. The van der Waals surface area contributed by atoms with E-state index in [0.717, 1.165) is 45.6 Å². The van der Waals surface area contributed by atoms with E-state index in [4.69, 9.17) is 25.3 Å². The lowest BCUT2D eigenvalue weighted by Crippen LogP contribution is -2.46. The summed E-state index contributed by atoms with van der Waals surface area (Å²) in [4.78, 5) is 49.1. The van der Waals surface area contributed by atoms with Gasteiger partial charge in [0.05, 0.1) is 5.71 Å². The van der Waals surface area contributed by atoms with Crippen molar-refractivity contribution < 1.29 is 44.4 Å². The molecule has 2 aliphatic rings. The van der Waals surface area contributed by atoms with Gasteiger partial charge < -0.3 is 30.2 Å². The summed E-state index contributed by atoms with van der Waals surface area (Å²) in [7, 11) is 0. The van der Waals surface area contributed by atoms with Crippen LogP contribution in [-0.4, -0.2) is 99.1 Å². The number of unbranched alkanes of at least 4 members (excludes halogenated alkanes) is 1. The molecule has 1 saturated carbocycles. The number of rotatable bonds is 14. The van der Waals surface area contributed by atoms with Crippen molar-refractivity contribution in [2.24, 2.45) is 11.1 Å². The first kappa shape index (κ1) is 38.0. The fourth-order valence-electron chi connectivity index (χ4n) is 4.73. The molecule has 0 spiro atoms. The van der Waals surface area contributed by atoms with Crippen molar-refractivity contribution in [3.05, 3.63) is 60.2 Å². The second kappa shape index (κ2) is 23.4. The number of benzene rings is 1. The van der Waals surface area contributed by atoms with E-state index in [9.17, 15) is 19.2 Å². The molecule has 1 unspecified atom stereocenters. The van der Waals surface area contributed by atoms with Crippen LogP contribution >= 0.6 is 0 Å². The molecule has 244 valence electrons. The van der Waals surface area contributed by atoms with Crippen molar-refractivity contribution in [1.29, 1.82) is 0 Å². The van der Waals surface area contributed by atoms with Crippen molar-refractivity contribution in [2.45, 2.75) is 64.8 Å². The molecule has 1 aromatic carbocycles. The largest absolute Gasteiger partial charge is 0.478 e. The molecule has 0 aromatic heterocycles. The smallest absolute Gasteiger partial charge is 0.328 e. The molecule has 0 bridgehead atoms. The van der Waals surface area contributed by atoms with Crippen LogP contribution in [0.1, 0.15) is 63.9 Å². The summed E-state index contributed by atoms with van der Waals surface area (Å²) in [6.07, 6.45) is 12.3. The fraction of sp³-hybridized carbons (Fsp3) is 0.531. The van der Waals surface area contributed by atoms with Crippen LogP contribution in [-0.2, 0) is 30.6 Å². The van der Waals surface area contributed by atoms with Crippen molar-refractivity contribution in [3.63, 3.8) is 0 Å². The highest BCUT2D eigenvalue weighted by Crippen LogP contribution is 2.26. The molecule has 0 amide bonds. The second-order valence-electron chi connectivity index (χ2n) is 10.5. The zero-order chi connectivity index (χ0) is 32.6. The lowest BCUT2D eigenvalue weighted by atomic mass is 9.84. The van der Waals surface area contributed by atoms with Crippen LogP contribution < -0.4 is 0 Å². The molecule has 1 aromatic rings. The lowest BCUT2D eigenvalue weighted by Gasteiger charge is -2.34. The van der Waals surface area contributed by atoms with Crippen LogP contribution in [0.15, 0.2) is 59.8 Å². The van der Waals surface area contributed by atoms with E-state index in [-0.39, 0.29) is 0 Å². The van der Waals surface area contributed by atoms with E-state index >= 15 is 0 Å². The van der Waals surface area contributed by atoms with Crippen LogP contribution in [0.5, 0.6) is 0 Å². The zero-order valence-electron chi connectivity index (χ0n) is 25.6. The third-order valence-corrected chi connectivity index (χ3v) is 6.96. The van der Waals surface area contributed by atoms with Gasteiger partial charge in [-0.25, -0.2) is 19.2 Å². The summed E-state index contributed by atoms with van der Waals surface area (Å²) in [5.74, 6) is -4.34. The van der Waals surface area contributed by atoms with Gasteiger partial charge in [-0.2, -0.15) is 0 Å². The zero-order valence-corrected chi connectivity index (χ0v) is 25.6. The van der Waals surface area contributed by atoms with Crippen LogP contribution in [0.4, 0.5) is 0 Å². The van der Waals surface area contributed by atoms with Crippen molar-refractivity contribution >= 4 is 29.6 Å². The Balaban J connectivity index is 0.000000498. The monoisotopic (exact) mass is 617 g/mol. The SMILES string of the molecule is CCCCC1CCCC/C1=N\OCCCN1CCN(Cc2ccccc2)CC1.O=C(O)/C=C/C(=O)O.O=C(O)/C=C/C(=O)O. The number of piperazine rings is 1. The third-order valence-electron chi connectivity index (χ3n) is 6.96. The maximum atomic E-state index is 9.55. The molecule has 1 saturated heterocycles. The first-order valence-electron chi connectivity index (χ1n) is 15.1. The number of carboxylic acids is 4. The normalized spacial score (nSPS) is 18.2. The molecule has 4 N–H and O–H groups in total. The first-order valence-corrected chi connectivity index (χ1v) is 15.1. The molecule has 1 heterocycles. The molecule has 1 aliphatic carbocycles. The molecule has 0 radical (unpaired) electrons. The molecule has 44 heavy (non-hydrogen) atoms. The fourth-order valence-corrected chi connectivity index (χ4v) is 4.73. The molecule has 2 fully saturated rings. The van der Waals surface area contributed by atoms with E-state index in [1.165, 1.54) is 62.9 Å². The number of carbonyl (C=O) groups is 4. The minimum atomic E-state index is -1.26. The van der Waals surface area contributed by atoms with Crippen LogP contribution in [0.25, 0.3) is 0 Å². The highest BCUT2D eigenvalue weighted by atomic mass is 16.6. The van der Waals surface area contributed by atoms with E-state index in [0.29, 0.717) is 30.2 Å². The van der Waals surface area contributed by atoms with Gasteiger partial charge in [-0.05, 0) is 37.7 Å². The van der Waals surface area contributed by atoms with Gasteiger partial charge in [-0.1, -0.05) is 61.7 Å². The highest BCUT2D eigenvalue weighted by Gasteiger charge is 2.20. The Labute approximate surface area is 259 Å². The van der Waals surface area contributed by atoms with Gasteiger partial charge in [-0.3, -0.25) is 4.90 Å². The van der Waals surface area contributed by atoms with Gasteiger partial charge >= 0.3 is 23.9 Å². The number of oxime groups is 1. The standard InChI is InChI=1S/C24H39N3O.2C4H4O4/c1-2-3-12-23-13-7-8-14-24(23)25-28-20-9-15-26-16-18-27(19-17-26)21-22-10-5-4-6-11-22;2*5-3(6)1-2-4(7)8/h4-6,10-11,23H,2-3,7-9,12-21H2,1H3;2*1-2H,(H,5,6)(H,7,8)/b25-24+;2*2-1+. The van der Waals surface area contributed by atoms with Gasteiger partial charge in [0, 0.05) is 69.5 Å². The van der Waals surface area contributed by atoms with E-state index < -0.39 is 23.9 Å². The average molecular weight is 618 g/mol. The lowest BCUT2D eigenvalue weighted by molar-refractivity contribution is -0.134. The summed E-state index contributed by atoms with van der Waals surface area (Å²) >= 11 is 0. The summed E-state index contributed by atoms with van der Waals surface area (Å²) in [5, 5.41) is 35.8. The molecule has 12 nitrogen and oxygen atoms in total. The predicted molar refractivity (Wildman–Crippen MR) is 166 cm³/mol. The minimum Gasteiger partial charge on any atom is -0.478 e. The van der Waals surface area contributed by atoms with Crippen molar-refractivity contribution in [3.8, 4) is 0 Å². The number of hydrogen-bond acceptors (Lipinski definition) is 8. The van der Waals surface area contributed by atoms with Crippen LogP contribution in [0, 0.1) is 5.92 Å². The predicted octanol–water partition coefficient (Wildman–Crippen LogP) is 4.37. The Kier molecular flexibility index (Phi) is 20.2.